The zero-order chi connectivity index (χ0) is 20.2. The number of rotatable bonds is 1. The maximum absolute atomic E-state index is 4.86. The lowest BCUT2D eigenvalue weighted by Crippen LogP contribution is -2.12. The summed E-state index contributed by atoms with van der Waals surface area (Å²) >= 11 is 0. The Bertz CT molecular complexity index is 1250. The van der Waals surface area contributed by atoms with Gasteiger partial charge < -0.3 is 0 Å². The fraction of sp³-hybridized carbons (Fsp3) is 0.259. The summed E-state index contributed by atoms with van der Waals surface area (Å²) in [6.07, 6.45) is 4.08. The standard InChI is InChI=1S/C27H26N2/c1-17-9-11-22-23-15-26(28-16-19(23)10-12-25(22)29-17)20-13-18-7-5-6-8-21(18)24(14-20)27(2,3)4/h5-9,11,13-16H,10,12H2,1-4H3. The van der Waals surface area contributed by atoms with E-state index in [0.29, 0.717) is 0 Å². The van der Waals surface area contributed by atoms with Crippen LogP contribution >= 0.6 is 0 Å². The highest BCUT2D eigenvalue weighted by molar-refractivity contribution is 5.91. The molecule has 2 nitrogen and oxygen atoms in total. The summed E-state index contributed by atoms with van der Waals surface area (Å²) in [5, 5.41) is 2.60. The quantitative estimate of drug-likeness (QED) is 0.370. The number of hydrogen-bond acceptors (Lipinski definition) is 2. The normalized spacial score (nSPS) is 13.2. The molecule has 5 rings (SSSR count). The van der Waals surface area contributed by atoms with Gasteiger partial charge in [0.25, 0.3) is 0 Å². The van der Waals surface area contributed by atoms with E-state index < -0.39 is 0 Å². The van der Waals surface area contributed by atoms with E-state index >= 15 is 0 Å². The van der Waals surface area contributed by atoms with Crippen molar-refractivity contribution in [3.8, 4) is 22.4 Å². The van der Waals surface area contributed by atoms with E-state index in [4.69, 9.17) is 9.97 Å². The van der Waals surface area contributed by atoms with Crippen molar-refractivity contribution in [2.45, 2.75) is 46.0 Å². The van der Waals surface area contributed by atoms with Gasteiger partial charge >= 0.3 is 0 Å². The van der Waals surface area contributed by atoms with Gasteiger partial charge in [0, 0.05) is 28.7 Å². The second-order valence-corrected chi connectivity index (χ2v) is 9.17. The smallest absolute Gasteiger partial charge is 0.0708 e. The second-order valence-electron chi connectivity index (χ2n) is 9.17. The van der Waals surface area contributed by atoms with Crippen LogP contribution in [0.2, 0.25) is 0 Å². The Balaban J connectivity index is 1.71. The lowest BCUT2D eigenvalue weighted by molar-refractivity contribution is 0.596. The van der Waals surface area contributed by atoms with Crippen LogP contribution in [-0.4, -0.2) is 9.97 Å². The van der Waals surface area contributed by atoms with Gasteiger partial charge in [-0.15, -0.1) is 0 Å². The van der Waals surface area contributed by atoms with E-state index in [-0.39, 0.29) is 5.41 Å². The first-order chi connectivity index (χ1) is 13.9. The molecular weight excluding hydrogens is 352 g/mol. The third kappa shape index (κ3) is 3.13. The average molecular weight is 379 g/mol. The Morgan fingerprint density at radius 2 is 1.69 bits per heavy atom. The average Bonchev–Trinajstić information content (AvgIpc) is 2.71. The highest BCUT2D eigenvalue weighted by Crippen LogP contribution is 2.37. The third-order valence-corrected chi connectivity index (χ3v) is 5.99. The van der Waals surface area contributed by atoms with Crippen molar-refractivity contribution in [1.82, 2.24) is 9.97 Å². The molecule has 4 aromatic rings. The third-order valence-electron chi connectivity index (χ3n) is 5.99. The van der Waals surface area contributed by atoms with Crippen LogP contribution in [0.1, 0.15) is 43.3 Å². The first-order valence-electron chi connectivity index (χ1n) is 10.4. The second kappa shape index (κ2) is 6.52. The van der Waals surface area contributed by atoms with E-state index in [2.05, 4.69) is 88.5 Å². The van der Waals surface area contributed by atoms with E-state index in [1.165, 1.54) is 44.3 Å². The summed E-state index contributed by atoms with van der Waals surface area (Å²) in [4.78, 5) is 9.64. The van der Waals surface area contributed by atoms with Crippen molar-refractivity contribution in [3.05, 3.63) is 83.3 Å². The number of aryl methyl sites for hydroxylation is 3. The molecule has 0 fully saturated rings. The van der Waals surface area contributed by atoms with Crippen LogP contribution in [0.15, 0.2) is 60.8 Å². The van der Waals surface area contributed by atoms with E-state index in [9.17, 15) is 0 Å². The molecule has 0 bridgehead atoms. The summed E-state index contributed by atoms with van der Waals surface area (Å²) in [6, 6.07) is 19.9. The van der Waals surface area contributed by atoms with E-state index in [1.54, 1.807) is 0 Å². The Morgan fingerprint density at radius 3 is 2.52 bits per heavy atom. The Hall–Kier alpha value is -3.00. The van der Waals surface area contributed by atoms with Gasteiger partial charge in [0.15, 0.2) is 0 Å². The van der Waals surface area contributed by atoms with Gasteiger partial charge in [-0.2, -0.15) is 0 Å². The topological polar surface area (TPSA) is 25.8 Å². The number of aromatic nitrogens is 2. The number of pyridine rings is 2. The molecule has 0 unspecified atom stereocenters. The van der Waals surface area contributed by atoms with Crippen molar-refractivity contribution in [3.63, 3.8) is 0 Å². The number of fused-ring (bicyclic) bond motifs is 4. The molecule has 29 heavy (non-hydrogen) atoms. The monoisotopic (exact) mass is 378 g/mol. The fourth-order valence-electron chi connectivity index (χ4n) is 4.47. The van der Waals surface area contributed by atoms with Gasteiger partial charge in [-0.1, -0.05) is 51.1 Å². The molecule has 0 amide bonds. The maximum atomic E-state index is 4.86. The van der Waals surface area contributed by atoms with E-state index in [1.807, 2.05) is 0 Å². The van der Waals surface area contributed by atoms with Crippen LogP contribution in [0.4, 0.5) is 0 Å². The summed E-state index contributed by atoms with van der Waals surface area (Å²) in [7, 11) is 0. The molecule has 0 aliphatic heterocycles. The zero-order valence-corrected chi connectivity index (χ0v) is 17.6. The molecule has 2 aromatic heterocycles. The van der Waals surface area contributed by atoms with Gasteiger partial charge in [0.1, 0.15) is 0 Å². The SMILES string of the molecule is Cc1ccc2c(n1)CCc1cnc(-c3cc(C(C)(C)C)c4ccccc4c3)cc1-2. The van der Waals surface area contributed by atoms with Crippen LogP contribution in [0.5, 0.6) is 0 Å². The Morgan fingerprint density at radius 1 is 0.862 bits per heavy atom. The maximum Gasteiger partial charge on any atom is 0.0708 e. The molecule has 0 radical (unpaired) electrons. The first kappa shape index (κ1) is 18.1. The Labute approximate surface area is 172 Å². The van der Waals surface area contributed by atoms with Crippen molar-refractivity contribution in [1.29, 1.82) is 0 Å². The van der Waals surface area contributed by atoms with Crippen LogP contribution in [0.3, 0.4) is 0 Å². The van der Waals surface area contributed by atoms with Crippen LogP contribution in [0.25, 0.3) is 33.2 Å². The Kier molecular flexibility index (Phi) is 4.06. The van der Waals surface area contributed by atoms with Crippen molar-refractivity contribution < 1.29 is 0 Å². The molecule has 0 saturated carbocycles. The molecule has 0 spiro atoms. The molecule has 1 aliphatic carbocycles. The minimum absolute atomic E-state index is 0.0673. The van der Waals surface area contributed by atoms with Gasteiger partial charge in [-0.25, -0.2) is 0 Å². The highest BCUT2D eigenvalue weighted by atomic mass is 14.7. The first-order valence-corrected chi connectivity index (χ1v) is 10.4. The minimum atomic E-state index is 0.0673. The number of nitrogens with zero attached hydrogens (tertiary/aromatic N) is 2. The van der Waals surface area contributed by atoms with Crippen molar-refractivity contribution in [2.24, 2.45) is 0 Å². The minimum Gasteiger partial charge on any atom is -0.258 e. The summed E-state index contributed by atoms with van der Waals surface area (Å²) in [5.74, 6) is 0. The van der Waals surface area contributed by atoms with Crippen molar-refractivity contribution in [2.75, 3.05) is 0 Å². The summed E-state index contributed by atoms with van der Waals surface area (Å²) < 4.78 is 0. The van der Waals surface area contributed by atoms with Crippen molar-refractivity contribution >= 4 is 10.8 Å². The molecule has 2 heteroatoms. The molecule has 0 saturated heterocycles. The summed E-state index contributed by atoms with van der Waals surface area (Å²) in [5.41, 5.74) is 9.82. The van der Waals surface area contributed by atoms with Gasteiger partial charge in [-0.3, -0.25) is 9.97 Å². The lowest BCUT2D eigenvalue weighted by atomic mass is 9.82. The molecule has 1 aliphatic rings. The predicted octanol–water partition coefficient (Wildman–Crippen LogP) is 6.67. The van der Waals surface area contributed by atoms with Crippen LogP contribution < -0.4 is 0 Å². The predicted molar refractivity (Wildman–Crippen MR) is 121 cm³/mol. The number of benzene rings is 2. The fourth-order valence-corrected chi connectivity index (χ4v) is 4.47. The molecule has 144 valence electrons. The molecule has 2 heterocycles. The zero-order valence-electron chi connectivity index (χ0n) is 17.6. The molecular formula is C27H26N2. The molecule has 0 N–H and O–H groups in total. The van der Waals surface area contributed by atoms with Gasteiger partial charge in [-0.05, 0) is 76.9 Å². The molecule has 0 atom stereocenters. The lowest BCUT2D eigenvalue weighted by Gasteiger charge is -2.23. The van der Waals surface area contributed by atoms with Gasteiger partial charge in [0.05, 0.1) is 5.69 Å². The van der Waals surface area contributed by atoms with Crippen LogP contribution in [-0.2, 0) is 18.3 Å². The number of hydrogen-bond donors (Lipinski definition) is 0. The van der Waals surface area contributed by atoms with E-state index in [0.717, 1.165) is 24.2 Å². The summed E-state index contributed by atoms with van der Waals surface area (Å²) in [6.45, 7) is 8.91. The largest absolute Gasteiger partial charge is 0.258 e. The van der Waals surface area contributed by atoms with Gasteiger partial charge in [0.2, 0.25) is 0 Å². The van der Waals surface area contributed by atoms with Crippen LogP contribution in [0, 0.1) is 6.92 Å². The highest BCUT2D eigenvalue weighted by Gasteiger charge is 2.21. The molecule has 2 aromatic carbocycles.